The van der Waals surface area contributed by atoms with Crippen LogP contribution < -0.4 is 4.74 Å². The molecule has 1 unspecified atom stereocenters. The molecule has 3 rings (SSSR count). The van der Waals surface area contributed by atoms with Gasteiger partial charge in [0.2, 0.25) is 0 Å². The van der Waals surface area contributed by atoms with Crippen molar-refractivity contribution in [3.8, 4) is 5.75 Å². The Labute approximate surface area is 128 Å². The Bertz CT molecular complexity index is 759. The lowest BCUT2D eigenvalue weighted by Gasteiger charge is -2.26. The first-order chi connectivity index (χ1) is 10.5. The summed E-state index contributed by atoms with van der Waals surface area (Å²) >= 11 is 0. The quantitative estimate of drug-likeness (QED) is 0.917. The van der Waals surface area contributed by atoms with Gasteiger partial charge in [-0.25, -0.2) is 4.79 Å². The lowest BCUT2D eigenvalue weighted by molar-refractivity contribution is 0.0695. The van der Waals surface area contributed by atoms with Gasteiger partial charge in [-0.1, -0.05) is 12.1 Å². The fraction of sp³-hybridized carbons (Fsp3) is 0.222. The van der Waals surface area contributed by atoms with Gasteiger partial charge in [0.1, 0.15) is 11.9 Å². The average Bonchev–Trinajstić information content (AvgIpc) is 2.49. The number of hydrogen-bond acceptors (Lipinski definition) is 3. The Morgan fingerprint density at radius 3 is 2.41 bits per heavy atom. The van der Waals surface area contributed by atoms with E-state index in [4.69, 9.17) is 9.84 Å². The van der Waals surface area contributed by atoms with Gasteiger partial charge in [0.05, 0.1) is 17.5 Å². The van der Waals surface area contributed by atoms with E-state index in [2.05, 4.69) is 0 Å². The molecular formula is C18H16O4. The van der Waals surface area contributed by atoms with E-state index < -0.39 is 5.97 Å². The van der Waals surface area contributed by atoms with Crippen LogP contribution in [0.15, 0.2) is 36.4 Å². The summed E-state index contributed by atoms with van der Waals surface area (Å²) in [6.45, 7) is 3.95. The minimum Gasteiger partial charge on any atom is -0.484 e. The third-order valence-electron chi connectivity index (χ3n) is 4.07. The van der Waals surface area contributed by atoms with Crippen molar-refractivity contribution in [1.82, 2.24) is 0 Å². The van der Waals surface area contributed by atoms with Crippen molar-refractivity contribution in [1.29, 1.82) is 0 Å². The fourth-order valence-corrected chi connectivity index (χ4v) is 2.60. The van der Waals surface area contributed by atoms with Gasteiger partial charge >= 0.3 is 5.97 Å². The number of carbonyl (C=O) groups excluding carboxylic acids is 1. The molecule has 0 spiro atoms. The Kier molecular flexibility index (Phi) is 3.45. The number of carboxylic acid groups (broad SMARTS) is 1. The summed E-state index contributed by atoms with van der Waals surface area (Å²) in [4.78, 5) is 23.2. The van der Waals surface area contributed by atoms with Crippen molar-refractivity contribution < 1.29 is 19.4 Å². The molecule has 0 bridgehead atoms. The summed E-state index contributed by atoms with van der Waals surface area (Å²) in [6.07, 6.45) is -0.105. The number of ketones is 1. The van der Waals surface area contributed by atoms with Gasteiger partial charge in [0.25, 0.3) is 0 Å². The van der Waals surface area contributed by atoms with Gasteiger partial charge < -0.3 is 9.84 Å². The van der Waals surface area contributed by atoms with Crippen molar-refractivity contribution in [3.05, 3.63) is 64.2 Å². The summed E-state index contributed by atoms with van der Waals surface area (Å²) in [5, 5.41) is 8.93. The van der Waals surface area contributed by atoms with Crippen LogP contribution in [0.4, 0.5) is 0 Å². The third kappa shape index (κ3) is 2.48. The molecule has 1 aliphatic rings. The normalized spacial score (nSPS) is 16.8. The molecule has 1 heterocycles. The topological polar surface area (TPSA) is 63.6 Å². The van der Waals surface area contributed by atoms with Crippen LogP contribution in [0.3, 0.4) is 0 Å². The number of hydrogen-bond donors (Lipinski definition) is 1. The van der Waals surface area contributed by atoms with Crippen molar-refractivity contribution in [2.24, 2.45) is 0 Å². The molecule has 0 radical (unpaired) electrons. The molecule has 1 aliphatic heterocycles. The van der Waals surface area contributed by atoms with Gasteiger partial charge in [0, 0.05) is 0 Å². The van der Waals surface area contributed by atoms with Crippen LogP contribution >= 0.6 is 0 Å². The first-order valence-electron chi connectivity index (χ1n) is 7.10. The minimum absolute atomic E-state index is 0.0525. The van der Waals surface area contributed by atoms with Crippen molar-refractivity contribution >= 4 is 11.8 Å². The Hall–Kier alpha value is -2.62. The van der Waals surface area contributed by atoms with Crippen molar-refractivity contribution in [2.45, 2.75) is 26.4 Å². The van der Waals surface area contributed by atoms with Gasteiger partial charge in [-0.05, 0) is 54.8 Å². The molecule has 22 heavy (non-hydrogen) atoms. The van der Waals surface area contributed by atoms with Gasteiger partial charge in [-0.2, -0.15) is 0 Å². The van der Waals surface area contributed by atoms with Crippen LogP contribution in [-0.4, -0.2) is 16.9 Å². The molecule has 1 N–H and O–H groups in total. The highest BCUT2D eigenvalue weighted by Crippen LogP contribution is 2.36. The average molecular weight is 296 g/mol. The van der Waals surface area contributed by atoms with Crippen LogP contribution in [0.2, 0.25) is 0 Å². The zero-order valence-corrected chi connectivity index (χ0v) is 12.4. The summed E-state index contributed by atoms with van der Waals surface area (Å²) < 4.78 is 5.96. The molecule has 4 nitrogen and oxygen atoms in total. The maximum atomic E-state index is 12.3. The van der Waals surface area contributed by atoms with Crippen LogP contribution in [0, 0.1) is 13.8 Å². The number of aromatic carboxylic acids is 1. The molecule has 0 aromatic heterocycles. The molecule has 0 aliphatic carbocycles. The zero-order valence-electron chi connectivity index (χ0n) is 12.4. The maximum Gasteiger partial charge on any atom is 0.335 e. The molecule has 4 heteroatoms. The maximum absolute atomic E-state index is 12.3. The molecule has 0 amide bonds. The number of Topliss-reactive ketones (excluding diaryl/α,β-unsaturated/α-hetero) is 1. The van der Waals surface area contributed by atoms with E-state index in [9.17, 15) is 9.59 Å². The molecular weight excluding hydrogens is 280 g/mol. The van der Waals surface area contributed by atoms with Gasteiger partial charge in [-0.3, -0.25) is 4.79 Å². The fourth-order valence-electron chi connectivity index (χ4n) is 2.60. The summed E-state index contributed by atoms with van der Waals surface area (Å²) in [6, 6.07) is 10.2. The minimum atomic E-state index is -0.969. The van der Waals surface area contributed by atoms with Gasteiger partial charge in [-0.15, -0.1) is 0 Å². The molecule has 2 aromatic rings. The number of aryl methyl sites for hydroxylation is 2. The Balaban J connectivity index is 1.93. The molecule has 0 saturated carbocycles. The lowest BCUT2D eigenvalue weighted by Crippen LogP contribution is -2.20. The predicted octanol–water partition coefficient (Wildman–Crippen LogP) is 3.71. The standard InChI is InChI=1S/C18H16O4/c1-10-7-14-15(19)9-16(22-17(14)8-11(10)2)12-3-5-13(6-4-12)18(20)21/h3-8,16H,9H2,1-2H3,(H,20,21). The lowest BCUT2D eigenvalue weighted by atomic mass is 9.93. The van der Waals surface area contributed by atoms with E-state index in [1.54, 1.807) is 12.1 Å². The Morgan fingerprint density at radius 2 is 1.77 bits per heavy atom. The van der Waals surface area contributed by atoms with E-state index in [0.717, 1.165) is 16.7 Å². The first kappa shape index (κ1) is 14.3. The molecule has 0 fully saturated rings. The van der Waals surface area contributed by atoms with Crippen LogP contribution in [0.5, 0.6) is 5.75 Å². The molecule has 0 saturated heterocycles. The van der Waals surface area contributed by atoms with Gasteiger partial charge in [0.15, 0.2) is 5.78 Å². The SMILES string of the molecule is Cc1cc2c(cc1C)C(=O)CC(c1ccc(C(=O)O)cc1)O2. The Morgan fingerprint density at radius 1 is 1.14 bits per heavy atom. The van der Waals surface area contributed by atoms with Crippen molar-refractivity contribution in [2.75, 3.05) is 0 Å². The van der Waals surface area contributed by atoms with E-state index in [1.165, 1.54) is 12.1 Å². The van der Waals surface area contributed by atoms with Crippen LogP contribution in [-0.2, 0) is 0 Å². The first-order valence-corrected chi connectivity index (χ1v) is 7.10. The highest BCUT2D eigenvalue weighted by atomic mass is 16.5. The largest absolute Gasteiger partial charge is 0.484 e. The van der Waals surface area contributed by atoms with E-state index >= 15 is 0 Å². The summed E-state index contributed by atoms with van der Waals surface area (Å²) in [7, 11) is 0. The molecule has 1 atom stereocenters. The predicted molar refractivity (Wildman–Crippen MR) is 81.6 cm³/mol. The van der Waals surface area contributed by atoms with Crippen molar-refractivity contribution in [3.63, 3.8) is 0 Å². The highest BCUT2D eigenvalue weighted by Gasteiger charge is 2.28. The van der Waals surface area contributed by atoms with E-state index in [1.807, 2.05) is 26.0 Å². The van der Waals surface area contributed by atoms with Crippen LogP contribution in [0.25, 0.3) is 0 Å². The van der Waals surface area contributed by atoms with E-state index in [0.29, 0.717) is 11.3 Å². The second-order valence-electron chi connectivity index (χ2n) is 5.59. The monoisotopic (exact) mass is 296 g/mol. The summed E-state index contributed by atoms with van der Waals surface area (Å²) in [5.41, 5.74) is 3.80. The number of carbonyl (C=O) groups is 2. The van der Waals surface area contributed by atoms with Crippen LogP contribution in [0.1, 0.15) is 49.9 Å². The second kappa shape index (κ2) is 5.30. The number of fused-ring (bicyclic) bond motifs is 1. The second-order valence-corrected chi connectivity index (χ2v) is 5.59. The smallest absolute Gasteiger partial charge is 0.335 e. The third-order valence-corrected chi connectivity index (χ3v) is 4.07. The number of carboxylic acids is 1. The number of ether oxygens (including phenoxy) is 1. The molecule has 2 aromatic carbocycles. The highest BCUT2D eigenvalue weighted by molar-refractivity contribution is 6.00. The number of rotatable bonds is 2. The number of benzene rings is 2. The summed E-state index contributed by atoms with van der Waals surface area (Å²) in [5.74, 6) is -0.313. The van der Waals surface area contributed by atoms with E-state index in [-0.39, 0.29) is 23.9 Å². The molecule has 112 valence electrons. The zero-order chi connectivity index (χ0) is 15.9.